The Morgan fingerprint density at radius 3 is 2.75 bits per heavy atom. The fraction of sp³-hybridized carbons (Fsp3) is 1.00. The highest BCUT2D eigenvalue weighted by Crippen LogP contribution is 2.27. The van der Waals surface area contributed by atoms with Gasteiger partial charge >= 0.3 is 0 Å². The summed E-state index contributed by atoms with van der Waals surface area (Å²) in [5.74, 6) is 0.976. The van der Waals surface area contributed by atoms with Gasteiger partial charge in [0.05, 0.1) is 0 Å². The number of hydrogen-bond donors (Lipinski definition) is 2. The first-order valence-electron chi connectivity index (χ1n) is 3.20. The molecule has 0 aliphatic heterocycles. The molecule has 1 N–H and O–H groups in total. The fourth-order valence-electron chi connectivity index (χ4n) is 0.659. The molecule has 1 aliphatic carbocycles. The summed E-state index contributed by atoms with van der Waals surface area (Å²) in [5, 5.41) is 3.64. The number of hydrogen-bond acceptors (Lipinski definition) is 2. The van der Waals surface area contributed by atoms with Gasteiger partial charge in [-0.1, -0.05) is 0 Å². The van der Waals surface area contributed by atoms with E-state index >= 15 is 0 Å². The first kappa shape index (κ1) is 6.43. The number of rotatable bonds is 3. The molecule has 0 heterocycles. The highest BCUT2D eigenvalue weighted by atomic mass is 32.1. The second-order valence-corrected chi connectivity index (χ2v) is 3.30. The van der Waals surface area contributed by atoms with Gasteiger partial charge in [0.25, 0.3) is 0 Å². The molecular weight excluding hydrogens is 118 g/mol. The van der Waals surface area contributed by atoms with Gasteiger partial charge < -0.3 is 5.32 Å². The molecule has 0 aromatic carbocycles. The molecule has 0 aromatic rings. The van der Waals surface area contributed by atoms with E-state index in [0.717, 1.165) is 5.92 Å². The molecule has 2 heteroatoms. The van der Waals surface area contributed by atoms with Crippen molar-refractivity contribution < 1.29 is 0 Å². The first-order chi connectivity index (χ1) is 3.79. The monoisotopic (exact) mass is 131 g/mol. The Labute approximate surface area is 56.3 Å². The van der Waals surface area contributed by atoms with Crippen molar-refractivity contribution in [1.82, 2.24) is 5.32 Å². The molecule has 0 bridgehead atoms. The molecule has 1 atom stereocenters. The van der Waals surface area contributed by atoms with Gasteiger partial charge in [-0.05, 0) is 32.2 Å². The lowest BCUT2D eigenvalue weighted by Crippen LogP contribution is -2.22. The number of thiol groups is 1. The predicted octanol–water partition coefficient (Wildman–Crippen LogP) is 1.26. The van der Waals surface area contributed by atoms with Crippen LogP contribution in [0.4, 0.5) is 0 Å². The fourth-order valence-corrected chi connectivity index (χ4v) is 0.765. The lowest BCUT2D eigenvalue weighted by Gasteiger charge is -2.03. The summed E-state index contributed by atoms with van der Waals surface area (Å²) in [5.41, 5.74) is 0. The molecular formula is C6H13NS. The molecule has 0 radical (unpaired) electrons. The predicted molar refractivity (Wildman–Crippen MR) is 39.2 cm³/mol. The molecule has 1 rings (SSSR count). The van der Waals surface area contributed by atoms with Crippen LogP contribution in [0.3, 0.4) is 0 Å². The molecule has 0 saturated heterocycles. The van der Waals surface area contributed by atoms with Crippen molar-refractivity contribution in [3.63, 3.8) is 0 Å². The SMILES string of the molecule is C[C@H](S)NCC1CC1. The van der Waals surface area contributed by atoms with Crippen LogP contribution in [-0.2, 0) is 0 Å². The lowest BCUT2D eigenvalue weighted by atomic mass is 10.4. The van der Waals surface area contributed by atoms with Crippen molar-refractivity contribution in [2.45, 2.75) is 25.1 Å². The molecule has 0 spiro atoms. The zero-order valence-corrected chi connectivity index (χ0v) is 6.12. The second kappa shape index (κ2) is 2.74. The van der Waals surface area contributed by atoms with E-state index in [4.69, 9.17) is 0 Å². The molecule has 1 fully saturated rings. The van der Waals surface area contributed by atoms with Crippen LogP contribution < -0.4 is 5.32 Å². The zero-order valence-electron chi connectivity index (χ0n) is 5.22. The smallest absolute Gasteiger partial charge is 0.0473 e. The van der Waals surface area contributed by atoms with E-state index in [2.05, 4.69) is 24.9 Å². The highest BCUT2D eigenvalue weighted by Gasteiger charge is 2.20. The topological polar surface area (TPSA) is 12.0 Å². The van der Waals surface area contributed by atoms with Crippen molar-refractivity contribution in [2.75, 3.05) is 6.54 Å². The Hall–Kier alpha value is 0.310. The minimum Gasteiger partial charge on any atom is -0.305 e. The zero-order chi connectivity index (χ0) is 5.98. The molecule has 48 valence electrons. The Bertz CT molecular complexity index is 66.9. The Morgan fingerprint density at radius 1 is 1.75 bits per heavy atom. The summed E-state index contributed by atoms with van der Waals surface area (Å²) < 4.78 is 0. The third-order valence-electron chi connectivity index (χ3n) is 1.40. The summed E-state index contributed by atoms with van der Waals surface area (Å²) in [6, 6.07) is 0. The van der Waals surface area contributed by atoms with Gasteiger partial charge in [-0.15, -0.1) is 0 Å². The van der Waals surface area contributed by atoms with Crippen LogP contribution in [0.1, 0.15) is 19.8 Å². The summed E-state index contributed by atoms with van der Waals surface area (Å²) in [6.07, 6.45) is 2.85. The van der Waals surface area contributed by atoms with E-state index in [1.54, 1.807) is 0 Å². The Balaban J connectivity index is 1.87. The maximum Gasteiger partial charge on any atom is 0.0473 e. The normalized spacial score (nSPS) is 23.2. The van der Waals surface area contributed by atoms with Gasteiger partial charge in [0.1, 0.15) is 0 Å². The highest BCUT2D eigenvalue weighted by molar-refractivity contribution is 7.80. The van der Waals surface area contributed by atoms with Crippen molar-refractivity contribution in [3.05, 3.63) is 0 Å². The van der Waals surface area contributed by atoms with Gasteiger partial charge in [-0.2, -0.15) is 12.6 Å². The van der Waals surface area contributed by atoms with Gasteiger partial charge in [0.2, 0.25) is 0 Å². The van der Waals surface area contributed by atoms with Crippen molar-refractivity contribution in [1.29, 1.82) is 0 Å². The van der Waals surface area contributed by atoms with E-state index in [0.29, 0.717) is 5.37 Å². The van der Waals surface area contributed by atoms with E-state index < -0.39 is 0 Å². The van der Waals surface area contributed by atoms with Crippen molar-refractivity contribution >= 4 is 12.6 Å². The first-order valence-corrected chi connectivity index (χ1v) is 3.72. The van der Waals surface area contributed by atoms with Crippen molar-refractivity contribution in [2.24, 2.45) is 5.92 Å². The molecule has 0 amide bonds. The largest absolute Gasteiger partial charge is 0.305 e. The minimum atomic E-state index is 0.371. The Morgan fingerprint density at radius 2 is 2.38 bits per heavy atom. The molecule has 0 unspecified atom stereocenters. The van der Waals surface area contributed by atoms with Gasteiger partial charge in [-0.25, -0.2) is 0 Å². The standard InChI is InChI=1S/C6H13NS/c1-5(8)7-4-6-2-3-6/h5-8H,2-4H2,1H3/t5-/m0/s1. The van der Waals surface area contributed by atoms with Crippen LogP contribution in [0.2, 0.25) is 0 Å². The molecule has 1 saturated carbocycles. The quantitative estimate of drug-likeness (QED) is 0.434. The summed E-state index contributed by atoms with van der Waals surface area (Å²) in [4.78, 5) is 0. The van der Waals surface area contributed by atoms with E-state index in [1.165, 1.54) is 19.4 Å². The van der Waals surface area contributed by atoms with E-state index in [1.807, 2.05) is 0 Å². The lowest BCUT2D eigenvalue weighted by molar-refractivity contribution is 0.638. The van der Waals surface area contributed by atoms with Gasteiger partial charge in [-0.3, -0.25) is 0 Å². The summed E-state index contributed by atoms with van der Waals surface area (Å²) in [6.45, 7) is 3.23. The van der Waals surface area contributed by atoms with Crippen LogP contribution in [0.5, 0.6) is 0 Å². The minimum absolute atomic E-state index is 0.371. The van der Waals surface area contributed by atoms with Gasteiger partial charge in [0, 0.05) is 5.37 Å². The van der Waals surface area contributed by atoms with Crippen LogP contribution in [0.25, 0.3) is 0 Å². The molecule has 0 aromatic heterocycles. The number of nitrogens with one attached hydrogen (secondary N) is 1. The molecule has 8 heavy (non-hydrogen) atoms. The van der Waals surface area contributed by atoms with E-state index in [-0.39, 0.29) is 0 Å². The Kier molecular flexibility index (Phi) is 2.20. The second-order valence-electron chi connectivity index (χ2n) is 2.53. The average molecular weight is 131 g/mol. The van der Waals surface area contributed by atoms with E-state index in [9.17, 15) is 0 Å². The average Bonchev–Trinajstić information content (AvgIpc) is 2.41. The maximum atomic E-state index is 4.19. The molecule has 1 nitrogen and oxygen atoms in total. The summed E-state index contributed by atoms with van der Waals surface area (Å²) in [7, 11) is 0. The summed E-state index contributed by atoms with van der Waals surface area (Å²) >= 11 is 4.19. The van der Waals surface area contributed by atoms with Crippen LogP contribution >= 0.6 is 12.6 Å². The maximum absolute atomic E-state index is 4.19. The van der Waals surface area contributed by atoms with Crippen LogP contribution in [0, 0.1) is 5.92 Å². The third kappa shape index (κ3) is 2.58. The van der Waals surface area contributed by atoms with Crippen LogP contribution in [-0.4, -0.2) is 11.9 Å². The van der Waals surface area contributed by atoms with Crippen molar-refractivity contribution in [3.8, 4) is 0 Å². The third-order valence-corrected chi connectivity index (χ3v) is 1.58. The van der Waals surface area contributed by atoms with Gasteiger partial charge in [0.15, 0.2) is 0 Å². The molecule has 1 aliphatic rings. The van der Waals surface area contributed by atoms with Crippen LogP contribution in [0.15, 0.2) is 0 Å².